The first kappa shape index (κ1) is 12.9. The van der Waals surface area contributed by atoms with E-state index in [1.807, 2.05) is 0 Å². The van der Waals surface area contributed by atoms with Gasteiger partial charge in [-0.15, -0.1) is 0 Å². The molecule has 0 radical (unpaired) electrons. The Hall–Kier alpha value is -2.76. The SMILES string of the molecule is O=C1OC(=O)C2CC(C3=CC=C4C(=O)OC(=O)C4C3)=CC=C12. The van der Waals surface area contributed by atoms with Gasteiger partial charge in [-0.1, -0.05) is 24.3 Å². The van der Waals surface area contributed by atoms with Gasteiger partial charge in [0.1, 0.15) is 0 Å². The molecule has 2 unspecified atom stereocenters. The minimum Gasteiger partial charge on any atom is -0.389 e. The molecule has 2 saturated heterocycles. The number of esters is 4. The van der Waals surface area contributed by atoms with Gasteiger partial charge in [-0.2, -0.15) is 0 Å². The second kappa shape index (κ2) is 4.37. The molecule has 0 spiro atoms. The fourth-order valence-corrected chi connectivity index (χ4v) is 3.17. The van der Waals surface area contributed by atoms with Gasteiger partial charge in [0.2, 0.25) is 0 Å². The lowest BCUT2D eigenvalue weighted by Gasteiger charge is -2.21. The van der Waals surface area contributed by atoms with Gasteiger partial charge in [-0.25, -0.2) is 9.59 Å². The molecule has 2 aliphatic heterocycles. The van der Waals surface area contributed by atoms with Gasteiger partial charge < -0.3 is 9.47 Å². The summed E-state index contributed by atoms with van der Waals surface area (Å²) >= 11 is 0. The highest BCUT2D eigenvalue weighted by molar-refractivity contribution is 6.09. The van der Waals surface area contributed by atoms with Crippen LogP contribution in [-0.2, 0) is 28.7 Å². The molecule has 0 amide bonds. The van der Waals surface area contributed by atoms with Crippen LogP contribution in [0.5, 0.6) is 0 Å². The zero-order valence-corrected chi connectivity index (χ0v) is 11.3. The highest BCUT2D eigenvalue weighted by Gasteiger charge is 2.43. The van der Waals surface area contributed by atoms with Crippen LogP contribution in [0.15, 0.2) is 46.6 Å². The Morgan fingerprint density at radius 2 is 1.09 bits per heavy atom. The Bertz CT molecular complexity index is 710. The minimum atomic E-state index is -0.588. The van der Waals surface area contributed by atoms with Crippen molar-refractivity contribution in [3.8, 4) is 0 Å². The van der Waals surface area contributed by atoms with E-state index in [4.69, 9.17) is 0 Å². The summed E-state index contributed by atoms with van der Waals surface area (Å²) in [6, 6.07) is 0. The van der Waals surface area contributed by atoms with Crippen molar-refractivity contribution in [2.45, 2.75) is 12.8 Å². The number of cyclic esters (lactones) is 4. The number of carbonyl (C=O) groups is 4. The van der Waals surface area contributed by atoms with E-state index < -0.39 is 35.7 Å². The third-order valence-corrected chi connectivity index (χ3v) is 4.37. The molecule has 2 atom stereocenters. The summed E-state index contributed by atoms with van der Waals surface area (Å²) < 4.78 is 9.23. The van der Waals surface area contributed by atoms with Crippen LogP contribution in [0.4, 0.5) is 0 Å². The van der Waals surface area contributed by atoms with E-state index in [0.717, 1.165) is 11.1 Å². The van der Waals surface area contributed by atoms with Crippen LogP contribution in [0.3, 0.4) is 0 Å². The molecule has 0 saturated carbocycles. The number of carbonyl (C=O) groups excluding carboxylic acids is 4. The van der Waals surface area contributed by atoms with E-state index in [2.05, 4.69) is 9.47 Å². The molecule has 6 nitrogen and oxygen atoms in total. The Kier molecular flexibility index (Phi) is 2.57. The number of hydrogen-bond donors (Lipinski definition) is 0. The molecule has 0 aromatic carbocycles. The zero-order chi connectivity index (χ0) is 15.4. The van der Waals surface area contributed by atoms with Crippen LogP contribution >= 0.6 is 0 Å². The fraction of sp³-hybridized carbons (Fsp3) is 0.250. The van der Waals surface area contributed by atoms with Crippen LogP contribution in [0.1, 0.15) is 12.8 Å². The van der Waals surface area contributed by atoms with Gasteiger partial charge in [0, 0.05) is 0 Å². The summed E-state index contributed by atoms with van der Waals surface area (Å²) in [7, 11) is 0. The Morgan fingerprint density at radius 1 is 0.682 bits per heavy atom. The first-order valence-corrected chi connectivity index (χ1v) is 6.88. The van der Waals surface area contributed by atoms with Crippen LogP contribution in [0.25, 0.3) is 0 Å². The lowest BCUT2D eigenvalue weighted by molar-refractivity contribution is -0.154. The van der Waals surface area contributed by atoms with E-state index >= 15 is 0 Å². The first-order valence-electron chi connectivity index (χ1n) is 6.88. The Morgan fingerprint density at radius 3 is 1.50 bits per heavy atom. The summed E-state index contributed by atoms with van der Waals surface area (Å²) in [5.74, 6) is -3.40. The predicted molar refractivity (Wildman–Crippen MR) is 70.7 cm³/mol. The molecular formula is C16H10O6. The molecule has 4 rings (SSSR count). The van der Waals surface area contributed by atoms with Crippen molar-refractivity contribution >= 4 is 23.9 Å². The average Bonchev–Trinajstić information content (AvgIpc) is 2.96. The fourth-order valence-electron chi connectivity index (χ4n) is 3.17. The summed E-state index contributed by atoms with van der Waals surface area (Å²) in [6.07, 6.45) is 7.43. The van der Waals surface area contributed by atoms with E-state index in [1.54, 1.807) is 24.3 Å². The minimum absolute atomic E-state index is 0.362. The molecule has 4 aliphatic rings. The molecule has 22 heavy (non-hydrogen) atoms. The van der Waals surface area contributed by atoms with Gasteiger partial charge in [-0.05, 0) is 24.0 Å². The lowest BCUT2D eigenvalue weighted by atomic mass is 9.80. The van der Waals surface area contributed by atoms with E-state index in [1.165, 1.54) is 0 Å². The quantitative estimate of drug-likeness (QED) is 0.528. The topological polar surface area (TPSA) is 86.7 Å². The van der Waals surface area contributed by atoms with Crippen molar-refractivity contribution in [2.75, 3.05) is 0 Å². The maximum atomic E-state index is 11.7. The number of fused-ring (bicyclic) bond motifs is 2. The molecular weight excluding hydrogens is 288 g/mol. The predicted octanol–water partition coefficient (Wildman–Crippen LogP) is 0.899. The number of rotatable bonds is 1. The second-order valence-electron chi connectivity index (χ2n) is 5.56. The van der Waals surface area contributed by atoms with Gasteiger partial charge in [0.15, 0.2) is 0 Å². The Labute approximate surface area is 124 Å². The molecule has 0 aromatic rings. The van der Waals surface area contributed by atoms with E-state index in [9.17, 15) is 19.2 Å². The molecule has 0 N–H and O–H groups in total. The van der Waals surface area contributed by atoms with Crippen molar-refractivity contribution in [3.63, 3.8) is 0 Å². The van der Waals surface area contributed by atoms with Crippen LogP contribution in [0.2, 0.25) is 0 Å². The van der Waals surface area contributed by atoms with Gasteiger partial charge in [0.25, 0.3) is 0 Å². The standard InChI is InChI=1S/C16H10O6/c17-13-9-3-1-7(5-11(9)15(19)21-13)8-2-4-10-12(6-8)16(20)22-14(10)18/h1-4,11-12H,5-6H2. The molecule has 110 valence electrons. The monoisotopic (exact) mass is 298 g/mol. The van der Waals surface area contributed by atoms with Crippen molar-refractivity contribution in [2.24, 2.45) is 11.8 Å². The molecule has 6 heteroatoms. The lowest BCUT2D eigenvalue weighted by Crippen LogP contribution is -2.17. The van der Waals surface area contributed by atoms with Gasteiger partial charge >= 0.3 is 23.9 Å². The van der Waals surface area contributed by atoms with Crippen molar-refractivity contribution in [1.82, 2.24) is 0 Å². The van der Waals surface area contributed by atoms with E-state index in [-0.39, 0.29) is 0 Å². The van der Waals surface area contributed by atoms with Gasteiger partial charge in [-0.3, -0.25) is 9.59 Å². The maximum absolute atomic E-state index is 11.7. The van der Waals surface area contributed by atoms with Crippen LogP contribution < -0.4 is 0 Å². The van der Waals surface area contributed by atoms with Crippen molar-refractivity contribution < 1.29 is 28.7 Å². The molecule has 2 aliphatic carbocycles. The normalized spacial score (nSPS) is 29.8. The average molecular weight is 298 g/mol. The summed E-state index contributed by atoms with van der Waals surface area (Å²) in [6.45, 7) is 0. The third-order valence-electron chi connectivity index (χ3n) is 4.37. The summed E-state index contributed by atoms with van der Waals surface area (Å²) in [5.41, 5.74) is 2.47. The third kappa shape index (κ3) is 1.73. The number of hydrogen-bond acceptors (Lipinski definition) is 6. The van der Waals surface area contributed by atoms with Crippen molar-refractivity contribution in [3.05, 3.63) is 46.6 Å². The zero-order valence-electron chi connectivity index (χ0n) is 11.3. The van der Waals surface area contributed by atoms with E-state index in [0.29, 0.717) is 24.0 Å². The van der Waals surface area contributed by atoms with Gasteiger partial charge in [0.05, 0.1) is 23.0 Å². The molecule has 0 aromatic heterocycles. The molecule has 2 fully saturated rings. The molecule has 0 bridgehead atoms. The number of allylic oxidation sites excluding steroid dienone is 6. The van der Waals surface area contributed by atoms with Crippen LogP contribution in [0, 0.1) is 11.8 Å². The van der Waals surface area contributed by atoms with Crippen LogP contribution in [-0.4, -0.2) is 23.9 Å². The number of ether oxygens (including phenoxy) is 2. The largest absolute Gasteiger partial charge is 0.389 e. The second-order valence-corrected chi connectivity index (χ2v) is 5.56. The van der Waals surface area contributed by atoms with Crippen molar-refractivity contribution in [1.29, 1.82) is 0 Å². The summed E-state index contributed by atoms with van der Waals surface area (Å²) in [5, 5.41) is 0. The highest BCUT2D eigenvalue weighted by atomic mass is 16.6. The molecule has 2 heterocycles. The highest BCUT2D eigenvalue weighted by Crippen LogP contribution is 2.40. The summed E-state index contributed by atoms with van der Waals surface area (Å²) in [4.78, 5) is 46.3. The first-order chi connectivity index (χ1) is 10.5. The maximum Gasteiger partial charge on any atom is 0.342 e. The smallest absolute Gasteiger partial charge is 0.342 e. The Balaban J connectivity index is 1.65.